The van der Waals surface area contributed by atoms with E-state index in [1.54, 1.807) is 6.08 Å². The Hall–Kier alpha value is -3.21. The first-order valence-corrected chi connectivity index (χ1v) is 12.4. The van der Waals surface area contributed by atoms with E-state index in [9.17, 15) is 22.8 Å². The standard InChI is InChI=1S/C23H23N3O5S2/c1-16(14-17-6-3-2-4-7-17)15-20-22(28)26(23(29)32-20)13-5-8-21(27)25-18-9-11-19(12-10-18)33(24,30)31/h2-4,6-7,9-12,14-15H,5,8,13H2,1H3,(H,25,27)(H2,24,30,31)/b16-14+,20-15-. The number of nitrogens with zero attached hydrogens (tertiary/aromatic N) is 1. The second-order valence-electron chi connectivity index (χ2n) is 7.35. The molecule has 0 atom stereocenters. The Morgan fingerprint density at radius 3 is 2.39 bits per heavy atom. The van der Waals surface area contributed by atoms with Crippen LogP contribution in [0.15, 0.2) is 76.0 Å². The molecule has 1 aliphatic heterocycles. The summed E-state index contributed by atoms with van der Waals surface area (Å²) in [6.45, 7) is 1.99. The van der Waals surface area contributed by atoms with Gasteiger partial charge in [-0.15, -0.1) is 0 Å². The number of benzene rings is 2. The third kappa shape index (κ3) is 6.88. The molecule has 0 bridgehead atoms. The number of rotatable bonds is 8. The molecule has 8 nitrogen and oxygen atoms in total. The summed E-state index contributed by atoms with van der Waals surface area (Å²) in [5.41, 5.74) is 2.26. The molecule has 0 saturated carbocycles. The fourth-order valence-corrected chi connectivity index (χ4v) is 4.53. The van der Waals surface area contributed by atoms with Crippen molar-refractivity contribution >= 4 is 50.6 Å². The van der Waals surface area contributed by atoms with Crippen LogP contribution in [0.4, 0.5) is 10.5 Å². The van der Waals surface area contributed by atoms with Crippen LogP contribution in [0.3, 0.4) is 0 Å². The Morgan fingerprint density at radius 1 is 1.09 bits per heavy atom. The fraction of sp³-hybridized carbons (Fsp3) is 0.174. The molecule has 1 fully saturated rings. The van der Waals surface area contributed by atoms with Crippen LogP contribution in [0.5, 0.6) is 0 Å². The van der Waals surface area contributed by atoms with Crippen LogP contribution in [-0.2, 0) is 19.6 Å². The highest BCUT2D eigenvalue weighted by Gasteiger charge is 2.34. The highest BCUT2D eigenvalue weighted by molar-refractivity contribution is 8.18. The predicted octanol–water partition coefficient (Wildman–Crippen LogP) is 3.74. The number of carbonyl (C=O) groups excluding carboxylic acids is 3. The summed E-state index contributed by atoms with van der Waals surface area (Å²) in [5.74, 6) is -0.688. The summed E-state index contributed by atoms with van der Waals surface area (Å²) < 4.78 is 22.5. The quantitative estimate of drug-likeness (QED) is 0.549. The molecule has 10 heteroatoms. The number of allylic oxidation sites excluding steroid dienone is 2. The summed E-state index contributed by atoms with van der Waals surface area (Å²) in [4.78, 5) is 38.5. The van der Waals surface area contributed by atoms with Gasteiger partial charge in [-0.2, -0.15) is 0 Å². The lowest BCUT2D eigenvalue weighted by atomic mass is 10.1. The zero-order valence-corrected chi connectivity index (χ0v) is 19.5. The van der Waals surface area contributed by atoms with Crippen LogP contribution < -0.4 is 10.5 Å². The number of thioether (sulfide) groups is 1. The lowest BCUT2D eigenvalue weighted by molar-refractivity contribution is -0.123. The van der Waals surface area contributed by atoms with Gasteiger partial charge in [-0.25, -0.2) is 13.6 Å². The minimum Gasteiger partial charge on any atom is -0.326 e. The molecule has 1 aliphatic rings. The highest BCUT2D eigenvalue weighted by atomic mass is 32.2. The molecule has 3 N–H and O–H groups in total. The maximum Gasteiger partial charge on any atom is 0.293 e. The number of carbonyl (C=O) groups is 3. The first kappa shape index (κ1) is 24.4. The van der Waals surface area contributed by atoms with Crippen molar-refractivity contribution in [1.82, 2.24) is 4.90 Å². The molecule has 0 aliphatic carbocycles. The molecule has 2 aromatic carbocycles. The number of imide groups is 1. The first-order valence-electron chi connectivity index (χ1n) is 10.0. The lowest BCUT2D eigenvalue weighted by Crippen LogP contribution is -2.29. The number of nitrogens with two attached hydrogens (primary N) is 1. The van der Waals surface area contributed by atoms with Crippen molar-refractivity contribution in [3.63, 3.8) is 0 Å². The van der Waals surface area contributed by atoms with E-state index < -0.39 is 10.0 Å². The minimum absolute atomic E-state index is 0.0539. The lowest BCUT2D eigenvalue weighted by Gasteiger charge is -2.12. The molecule has 0 aromatic heterocycles. The molecular weight excluding hydrogens is 462 g/mol. The van der Waals surface area contributed by atoms with Crippen molar-refractivity contribution in [1.29, 1.82) is 0 Å². The van der Waals surface area contributed by atoms with Crippen LogP contribution in [0, 0.1) is 0 Å². The second-order valence-corrected chi connectivity index (χ2v) is 9.91. The third-order valence-electron chi connectivity index (χ3n) is 4.68. The summed E-state index contributed by atoms with van der Waals surface area (Å²) >= 11 is 0.883. The van der Waals surface area contributed by atoms with Gasteiger partial charge in [0.25, 0.3) is 11.1 Å². The molecule has 0 radical (unpaired) electrons. The van der Waals surface area contributed by atoms with Crippen molar-refractivity contribution in [2.24, 2.45) is 5.14 Å². The number of anilines is 1. The van der Waals surface area contributed by atoms with Crippen molar-refractivity contribution in [3.05, 3.63) is 76.7 Å². The minimum atomic E-state index is -3.80. The Balaban J connectivity index is 1.52. The third-order valence-corrected chi connectivity index (χ3v) is 6.52. The van der Waals surface area contributed by atoms with E-state index in [2.05, 4.69) is 5.32 Å². The molecule has 3 amide bonds. The molecule has 3 rings (SSSR count). The van der Waals surface area contributed by atoms with E-state index in [4.69, 9.17) is 5.14 Å². The van der Waals surface area contributed by atoms with Gasteiger partial charge in [-0.1, -0.05) is 36.4 Å². The van der Waals surface area contributed by atoms with E-state index in [0.29, 0.717) is 17.0 Å². The van der Waals surface area contributed by atoms with Gasteiger partial charge in [-0.05, 0) is 66.6 Å². The SMILES string of the molecule is CC(/C=C1\SC(=O)N(CCCC(=O)Nc2ccc(S(N)(=O)=O)cc2)C1=O)=C\c1ccccc1. The van der Waals surface area contributed by atoms with Gasteiger partial charge in [0, 0.05) is 18.7 Å². The molecule has 1 saturated heterocycles. The van der Waals surface area contributed by atoms with E-state index >= 15 is 0 Å². The summed E-state index contributed by atoms with van der Waals surface area (Å²) in [5, 5.41) is 7.32. The average Bonchev–Trinajstić information content (AvgIpc) is 3.01. The zero-order chi connectivity index (χ0) is 24.0. The van der Waals surface area contributed by atoms with Crippen LogP contribution >= 0.6 is 11.8 Å². The van der Waals surface area contributed by atoms with Gasteiger partial charge >= 0.3 is 0 Å². The zero-order valence-electron chi connectivity index (χ0n) is 17.9. The molecule has 33 heavy (non-hydrogen) atoms. The summed E-state index contributed by atoms with van der Waals surface area (Å²) in [6, 6.07) is 15.1. The number of hydrogen-bond acceptors (Lipinski definition) is 6. The van der Waals surface area contributed by atoms with E-state index in [1.807, 2.05) is 43.3 Å². The normalized spacial score (nSPS) is 15.9. The Labute approximate surface area is 196 Å². The molecule has 1 heterocycles. The molecule has 0 unspecified atom stereocenters. The van der Waals surface area contributed by atoms with Gasteiger partial charge in [0.15, 0.2) is 0 Å². The van der Waals surface area contributed by atoms with E-state index in [0.717, 1.165) is 27.8 Å². The number of hydrogen-bond donors (Lipinski definition) is 2. The highest BCUT2D eigenvalue weighted by Crippen LogP contribution is 2.32. The average molecular weight is 486 g/mol. The summed E-state index contributed by atoms with van der Waals surface area (Å²) in [6.07, 6.45) is 4.00. The van der Waals surface area contributed by atoms with Gasteiger partial charge in [0.1, 0.15) is 0 Å². The summed E-state index contributed by atoms with van der Waals surface area (Å²) in [7, 11) is -3.80. The van der Waals surface area contributed by atoms with Gasteiger partial charge in [0.05, 0.1) is 9.80 Å². The largest absolute Gasteiger partial charge is 0.326 e. The topological polar surface area (TPSA) is 127 Å². The number of sulfonamides is 1. The fourth-order valence-electron chi connectivity index (χ4n) is 3.10. The van der Waals surface area contributed by atoms with Crippen LogP contribution in [0.25, 0.3) is 6.08 Å². The maximum absolute atomic E-state index is 12.6. The van der Waals surface area contributed by atoms with Crippen molar-refractivity contribution in [2.75, 3.05) is 11.9 Å². The molecule has 2 aromatic rings. The predicted molar refractivity (Wildman–Crippen MR) is 129 cm³/mol. The maximum atomic E-state index is 12.6. The molecular formula is C23H23N3O5S2. The van der Waals surface area contributed by atoms with E-state index in [-0.39, 0.29) is 34.9 Å². The van der Waals surface area contributed by atoms with Gasteiger partial charge < -0.3 is 5.32 Å². The van der Waals surface area contributed by atoms with Crippen molar-refractivity contribution in [3.8, 4) is 0 Å². The Kier molecular flexibility index (Phi) is 7.85. The Bertz CT molecular complexity index is 1220. The smallest absolute Gasteiger partial charge is 0.293 e. The van der Waals surface area contributed by atoms with Gasteiger partial charge in [0.2, 0.25) is 15.9 Å². The first-order chi connectivity index (χ1) is 15.6. The van der Waals surface area contributed by atoms with Crippen LogP contribution in [0.2, 0.25) is 0 Å². The van der Waals surface area contributed by atoms with E-state index in [1.165, 1.54) is 24.3 Å². The molecule has 172 valence electrons. The van der Waals surface area contributed by atoms with Crippen LogP contribution in [-0.4, -0.2) is 36.9 Å². The van der Waals surface area contributed by atoms with Crippen molar-refractivity contribution < 1.29 is 22.8 Å². The van der Waals surface area contributed by atoms with Gasteiger partial charge in [-0.3, -0.25) is 19.3 Å². The Morgan fingerprint density at radius 2 is 1.76 bits per heavy atom. The second kappa shape index (κ2) is 10.6. The number of amides is 3. The molecule has 0 spiro atoms. The number of nitrogens with one attached hydrogen (secondary N) is 1. The monoisotopic (exact) mass is 485 g/mol. The van der Waals surface area contributed by atoms with Crippen LogP contribution in [0.1, 0.15) is 25.3 Å². The number of primary sulfonamides is 1. The van der Waals surface area contributed by atoms with Crippen molar-refractivity contribution in [2.45, 2.75) is 24.7 Å².